The van der Waals surface area contributed by atoms with Crippen LogP contribution in [-0.4, -0.2) is 29.7 Å². The number of fused-ring (bicyclic) bond motifs is 1. The van der Waals surface area contributed by atoms with Gasteiger partial charge in [0.2, 0.25) is 0 Å². The molecule has 0 fully saturated rings. The highest BCUT2D eigenvalue weighted by Gasteiger charge is 2.26. The molecular formula is C21H25N3O5S2. The number of aryl methyl sites for hydroxylation is 1. The largest absolute Gasteiger partial charge is 0.496 e. The topological polar surface area (TPSA) is 103 Å². The van der Waals surface area contributed by atoms with Crippen LogP contribution in [0, 0.1) is 10.1 Å². The van der Waals surface area contributed by atoms with Crippen LogP contribution in [0.5, 0.6) is 5.75 Å². The summed E-state index contributed by atoms with van der Waals surface area (Å²) in [5.74, 6) is 0.0000820. The Bertz CT molecular complexity index is 990. The lowest BCUT2D eigenvalue weighted by molar-refractivity contribution is -0.384. The van der Waals surface area contributed by atoms with Gasteiger partial charge in [-0.1, -0.05) is 12.8 Å². The second-order valence-corrected chi connectivity index (χ2v) is 8.58. The van der Waals surface area contributed by atoms with Crippen LogP contribution in [0.2, 0.25) is 0 Å². The maximum absolute atomic E-state index is 12.7. The third kappa shape index (κ3) is 5.50. The molecule has 8 nitrogen and oxygen atoms in total. The van der Waals surface area contributed by atoms with Crippen molar-refractivity contribution in [3.63, 3.8) is 0 Å². The van der Waals surface area contributed by atoms with Crippen LogP contribution in [0.3, 0.4) is 0 Å². The quantitative estimate of drug-likeness (QED) is 0.257. The van der Waals surface area contributed by atoms with E-state index in [0.717, 1.165) is 37.7 Å². The van der Waals surface area contributed by atoms with Gasteiger partial charge in [0, 0.05) is 4.88 Å². The number of thiocarbonyl (C=S) groups is 1. The maximum Gasteiger partial charge on any atom is 0.341 e. The Kier molecular flexibility index (Phi) is 7.80. The number of anilines is 2. The zero-order valence-corrected chi connectivity index (χ0v) is 19.1. The molecule has 0 unspecified atom stereocenters. The van der Waals surface area contributed by atoms with Crippen molar-refractivity contribution in [2.75, 3.05) is 24.4 Å². The number of methoxy groups -OCH3 is 1. The second kappa shape index (κ2) is 10.5. The summed E-state index contributed by atoms with van der Waals surface area (Å²) in [5, 5.41) is 18.1. The summed E-state index contributed by atoms with van der Waals surface area (Å²) in [7, 11) is 1.44. The van der Waals surface area contributed by atoms with Crippen molar-refractivity contribution in [2.24, 2.45) is 0 Å². The predicted molar refractivity (Wildman–Crippen MR) is 126 cm³/mol. The first kappa shape index (κ1) is 23.0. The van der Waals surface area contributed by atoms with Crippen LogP contribution >= 0.6 is 23.6 Å². The first-order valence-corrected chi connectivity index (χ1v) is 11.4. The Morgan fingerprint density at radius 1 is 1.23 bits per heavy atom. The van der Waals surface area contributed by atoms with Gasteiger partial charge in [-0.3, -0.25) is 10.1 Å². The number of esters is 1. The van der Waals surface area contributed by atoms with Gasteiger partial charge in [0.15, 0.2) is 5.11 Å². The number of hydrogen-bond donors (Lipinski definition) is 2. The Balaban J connectivity index is 1.88. The number of hydrogen-bond acceptors (Lipinski definition) is 7. The maximum atomic E-state index is 12.7. The number of nitro benzene ring substituents is 1. The first-order valence-electron chi connectivity index (χ1n) is 10.2. The number of thiophene rings is 1. The molecule has 0 atom stereocenters. The zero-order chi connectivity index (χ0) is 22.4. The predicted octanol–water partition coefficient (Wildman–Crippen LogP) is 5.31. The lowest BCUT2D eigenvalue weighted by Crippen LogP contribution is -2.21. The Labute approximate surface area is 190 Å². The molecule has 1 heterocycles. The third-order valence-electron chi connectivity index (χ3n) is 5.03. The van der Waals surface area contributed by atoms with Gasteiger partial charge in [0.1, 0.15) is 16.4 Å². The highest BCUT2D eigenvalue weighted by Crippen LogP contribution is 2.38. The van der Waals surface area contributed by atoms with Gasteiger partial charge in [-0.25, -0.2) is 4.79 Å². The SMILES string of the molecule is CCOC(=O)c1c(NC(=S)Nc2ccc(OC)cc2[N+](=O)[O-])sc2c1CCCCCC2. The summed E-state index contributed by atoms with van der Waals surface area (Å²) in [6.45, 7) is 2.06. The van der Waals surface area contributed by atoms with E-state index in [1.807, 2.05) is 0 Å². The molecular weight excluding hydrogens is 438 g/mol. The minimum atomic E-state index is -0.506. The first-order chi connectivity index (χ1) is 14.9. The molecule has 0 amide bonds. The van der Waals surface area contributed by atoms with Crippen molar-refractivity contribution < 1.29 is 19.2 Å². The molecule has 10 heteroatoms. The zero-order valence-electron chi connectivity index (χ0n) is 17.5. The molecule has 3 rings (SSSR count). The van der Waals surface area contributed by atoms with Crippen LogP contribution in [0.15, 0.2) is 18.2 Å². The van der Waals surface area contributed by atoms with Crippen molar-refractivity contribution >= 4 is 51.0 Å². The number of ether oxygens (including phenoxy) is 2. The van der Waals surface area contributed by atoms with E-state index < -0.39 is 4.92 Å². The van der Waals surface area contributed by atoms with Crippen molar-refractivity contribution in [3.8, 4) is 5.75 Å². The molecule has 0 bridgehead atoms. The molecule has 0 saturated heterocycles. The van der Waals surface area contributed by atoms with Gasteiger partial charge in [-0.05, 0) is 62.5 Å². The summed E-state index contributed by atoms with van der Waals surface area (Å²) < 4.78 is 10.4. The van der Waals surface area contributed by atoms with Crippen molar-refractivity contribution in [3.05, 3.63) is 44.3 Å². The van der Waals surface area contributed by atoms with Crippen molar-refractivity contribution in [1.82, 2.24) is 0 Å². The molecule has 1 aromatic heterocycles. The van der Waals surface area contributed by atoms with Gasteiger partial charge in [-0.15, -0.1) is 11.3 Å². The minimum absolute atomic E-state index is 0.160. The average molecular weight is 464 g/mol. The Morgan fingerprint density at radius 2 is 1.97 bits per heavy atom. The molecule has 2 N–H and O–H groups in total. The van der Waals surface area contributed by atoms with E-state index >= 15 is 0 Å². The fourth-order valence-electron chi connectivity index (χ4n) is 3.58. The Morgan fingerprint density at radius 3 is 2.65 bits per heavy atom. The Hall–Kier alpha value is -2.72. The van der Waals surface area contributed by atoms with E-state index in [1.54, 1.807) is 13.0 Å². The van der Waals surface area contributed by atoms with Gasteiger partial charge < -0.3 is 20.1 Å². The summed E-state index contributed by atoms with van der Waals surface area (Å²) in [6, 6.07) is 4.47. The molecule has 2 aromatic rings. The van der Waals surface area contributed by atoms with E-state index in [1.165, 1.54) is 41.9 Å². The third-order valence-corrected chi connectivity index (χ3v) is 6.44. The van der Waals surface area contributed by atoms with E-state index in [2.05, 4.69) is 10.6 Å². The number of benzene rings is 1. The fourth-order valence-corrected chi connectivity index (χ4v) is 5.14. The average Bonchev–Trinajstić information content (AvgIpc) is 3.04. The number of carbonyl (C=O) groups excluding carboxylic acids is 1. The van der Waals surface area contributed by atoms with E-state index in [9.17, 15) is 14.9 Å². The van der Waals surface area contributed by atoms with Crippen LogP contribution in [0.25, 0.3) is 0 Å². The van der Waals surface area contributed by atoms with Crippen LogP contribution in [0.1, 0.15) is 53.4 Å². The summed E-state index contributed by atoms with van der Waals surface area (Å²) in [6.07, 6.45) is 6.16. The normalized spacial score (nSPS) is 13.4. The van der Waals surface area contributed by atoms with Gasteiger partial charge in [0.05, 0.1) is 30.3 Å². The van der Waals surface area contributed by atoms with Crippen LogP contribution < -0.4 is 15.4 Å². The number of nitrogens with one attached hydrogen (secondary N) is 2. The molecule has 166 valence electrons. The van der Waals surface area contributed by atoms with Gasteiger partial charge in [0.25, 0.3) is 5.69 Å². The molecule has 1 aliphatic carbocycles. The molecule has 1 aromatic carbocycles. The number of rotatable bonds is 6. The molecule has 0 saturated carbocycles. The molecule has 1 aliphatic rings. The van der Waals surface area contributed by atoms with E-state index in [-0.39, 0.29) is 29.1 Å². The van der Waals surface area contributed by atoms with Gasteiger partial charge >= 0.3 is 5.97 Å². The highest BCUT2D eigenvalue weighted by molar-refractivity contribution is 7.80. The number of carbonyl (C=O) groups is 1. The van der Waals surface area contributed by atoms with Crippen molar-refractivity contribution in [2.45, 2.75) is 45.4 Å². The molecule has 0 spiro atoms. The second-order valence-electron chi connectivity index (χ2n) is 7.06. The van der Waals surface area contributed by atoms with Crippen LogP contribution in [-0.2, 0) is 17.6 Å². The minimum Gasteiger partial charge on any atom is -0.496 e. The van der Waals surface area contributed by atoms with E-state index in [0.29, 0.717) is 16.3 Å². The smallest absolute Gasteiger partial charge is 0.341 e. The summed E-state index contributed by atoms with van der Waals surface area (Å²) in [5.41, 5.74) is 1.63. The van der Waals surface area contributed by atoms with Crippen LogP contribution in [0.4, 0.5) is 16.4 Å². The summed E-state index contributed by atoms with van der Waals surface area (Å²) >= 11 is 6.91. The lowest BCUT2D eigenvalue weighted by atomic mass is 9.96. The molecule has 0 radical (unpaired) electrons. The highest BCUT2D eigenvalue weighted by atomic mass is 32.1. The monoisotopic (exact) mass is 463 g/mol. The lowest BCUT2D eigenvalue weighted by Gasteiger charge is -2.13. The number of nitro groups is 1. The standard InChI is InChI=1S/C21H25N3O5S2/c1-3-29-20(25)18-14-8-6-4-5-7-9-17(14)31-19(18)23-21(30)22-15-11-10-13(28-2)12-16(15)24(26)27/h10-12H,3-9H2,1-2H3,(H2,22,23,30). The summed E-state index contributed by atoms with van der Waals surface area (Å²) in [4.78, 5) is 24.8. The van der Waals surface area contributed by atoms with Gasteiger partial charge in [-0.2, -0.15) is 0 Å². The number of nitrogens with zero attached hydrogens (tertiary/aromatic N) is 1. The van der Waals surface area contributed by atoms with E-state index in [4.69, 9.17) is 21.7 Å². The molecule has 0 aliphatic heterocycles. The fraction of sp³-hybridized carbons (Fsp3) is 0.429. The van der Waals surface area contributed by atoms with Crippen molar-refractivity contribution in [1.29, 1.82) is 0 Å². The molecule has 31 heavy (non-hydrogen) atoms.